The number of fused-ring (bicyclic) bond motifs is 1. The summed E-state index contributed by atoms with van der Waals surface area (Å²) >= 11 is 2.69. The van der Waals surface area contributed by atoms with Crippen LogP contribution in [0, 0.1) is 0 Å². The number of hydrogen-bond donors (Lipinski definition) is 1. The van der Waals surface area contributed by atoms with E-state index in [1.54, 1.807) is 0 Å². The van der Waals surface area contributed by atoms with Gasteiger partial charge in [-0.15, -0.1) is 23.1 Å². The first-order chi connectivity index (χ1) is 17.2. The summed E-state index contributed by atoms with van der Waals surface area (Å²) in [7, 11) is 0. The molecule has 0 atom stereocenters. The lowest BCUT2D eigenvalue weighted by atomic mass is 10.1. The minimum atomic E-state index is -0.167. The molecule has 3 heterocycles. The number of carbonyl (C=O) groups is 2. The van der Waals surface area contributed by atoms with Gasteiger partial charge in [-0.25, -0.2) is 4.98 Å². The standard InChI is InChI=1S/C25H26N4O4S2/c30-23(16-34-17-24(31)29-10-8-28(9-11-29)19-4-2-1-3-5-19)27-25-26-20(15-35-25)18-6-7-21-22(14-18)33-13-12-32-21/h1-7,14-15H,8-13,16-17H2,(H,26,27,30). The third kappa shape index (κ3) is 5.88. The average molecular weight is 511 g/mol. The van der Waals surface area contributed by atoms with Gasteiger partial charge in [-0.3, -0.25) is 9.59 Å². The van der Waals surface area contributed by atoms with Crippen LogP contribution in [0.5, 0.6) is 11.5 Å². The molecule has 1 saturated heterocycles. The maximum absolute atomic E-state index is 12.6. The van der Waals surface area contributed by atoms with E-state index in [4.69, 9.17) is 9.47 Å². The number of aromatic nitrogens is 1. The number of thiazole rings is 1. The molecular weight excluding hydrogens is 484 g/mol. The molecule has 0 saturated carbocycles. The van der Waals surface area contributed by atoms with Gasteiger partial charge in [-0.2, -0.15) is 0 Å². The number of piperazine rings is 1. The van der Waals surface area contributed by atoms with Crippen molar-refractivity contribution in [1.29, 1.82) is 0 Å². The monoisotopic (exact) mass is 510 g/mol. The van der Waals surface area contributed by atoms with Crippen molar-refractivity contribution in [2.45, 2.75) is 0 Å². The van der Waals surface area contributed by atoms with Crippen molar-refractivity contribution >= 4 is 45.7 Å². The molecular formula is C25H26N4O4S2. The van der Waals surface area contributed by atoms with Gasteiger partial charge in [0.2, 0.25) is 11.8 Å². The number of para-hydroxylation sites is 1. The lowest BCUT2D eigenvalue weighted by Gasteiger charge is -2.36. The van der Waals surface area contributed by atoms with Crippen LogP contribution in [-0.4, -0.2) is 72.6 Å². The van der Waals surface area contributed by atoms with Crippen molar-refractivity contribution in [2.24, 2.45) is 0 Å². The summed E-state index contributed by atoms with van der Waals surface area (Å²) in [4.78, 5) is 33.6. The van der Waals surface area contributed by atoms with Crippen LogP contribution in [0.3, 0.4) is 0 Å². The van der Waals surface area contributed by atoms with E-state index in [0.29, 0.717) is 42.9 Å². The summed E-state index contributed by atoms with van der Waals surface area (Å²) in [5.41, 5.74) is 2.85. The maximum Gasteiger partial charge on any atom is 0.236 e. The van der Waals surface area contributed by atoms with Crippen LogP contribution >= 0.6 is 23.1 Å². The number of anilines is 2. The Morgan fingerprint density at radius 3 is 2.54 bits per heavy atom. The second kappa shape index (κ2) is 11.0. The van der Waals surface area contributed by atoms with E-state index in [9.17, 15) is 9.59 Å². The second-order valence-corrected chi connectivity index (χ2v) is 9.98. The Labute approximate surface area is 212 Å². The molecule has 1 aromatic heterocycles. The quantitative estimate of drug-likeness (QED) is 0.520. The molecule has 3 aromatic rings. The summed E-state index contributed by atoms with van der Waals surface area (Å²) < 4.78 is 11.2. The zero-order valence-corrected chi connectivity index (χ0v) is 20.8. The summed E-state index contributed by atoms with van der Waals surface area (Å²) in [6.45, 7) is 4.10. The predicted octanol–water partition coefficient (Wildman–Crippen LogP) is 3.60. The van der Waals surface area contributed by atoms with Crippen LogP contribution in [0.15, 0.2) is 53.9 Å². The summed E-state index contributed by atoms with van der Waals surface area (Å²) in [5, 5.41) is 5.26. The molecule has 0 bridgehead atoms. The fourth-order valence-electron chi connectivity index (χ4n) is 4.00. The molecule has 0 unspecified atom stereocenters. The number of nitrogens with one attached hydrogen (secondary N) is 1. The zero-order chi connectivity index (χ0) is 24.0. The van der Waals surface area contributed by atoms with Gasteiger partial charge < -0.3 is 24.6 Å². The molecule has 182 valence electrons. The van der Waals surface area contributed by atoms with Crippen molar-refractivity contribution in [1.82, 2.24) is 9.88 Å². The van der Waals surface area contributed by atoms with Gasteiger partial charge >= 0.3 is 0 Å². The lowest BCUT2D eigenvalue weighted by molar-refractivity contribution is -0.128. The number of hydrogen-bond acceptors (Lipinski definition) is 8. The van der Waals surface area contributed by atoms with Gasteiger partial charge in [0, 0.05) is 42.8 Å². The van der Waals surface area contributed by atoms with E-state index in [0.717, 1.165) is 30.1 Å². The Kier molecular flexibility index (Phi) is 7.39. The van der Waals surface area contributed by atoms with Crippen molar-refractivity contribution in [3.05, 3.63) is 53.9 Å². The fraction of sp³-hybridized carbons (Fsp3) is 0.320. The molecule has 2 aromatic carbocycles. The normalized spacial score (nSPS) is 15.1. The third-order valence-corrected chi connectivity index (χ3v) is 7.48. The Morgan fingerprint density at radius 1 is 0.971 bits per heavy atom. The topological polar surface area (TPSA) is 84.0 Å². The first-order valence-electron chi connectivity index (χ1n) is 11.5. The minimum absolute atomic E-state index is 0.0747. The summed E-state index contributed by atoms with van der Waals surface area (Å²) in [6.07, 6.45) is 0. The van der Waals surface area contributed by atoms with E-state index < -0.39 is 0 Å². The molecule has 1 N–H and O–H groups in total. The lowest BCUT2D eigenvalue weighted by Crippen LogP contribution is -2.49. The molecule has 8 nitrogen and oxygen atoms in total. The highest BCUT2D eigenvalue weighted by Gasteiger charge is 2.21. The highest BCUT2D eigenvalue weighted by Crippen LogP contribution is 2.35. The van der Waals surface area contributed by atoms with Crippen LogP contribution < -0.4 is 19.7 Å². The van der Waals surface area contributed by atoms with E-state index in [2.05, 4.69) is 27.3 Å². The number of ether oxygens (including phenoxy) is 2. The van der Waals surface area contributed by atoms with Crippen LogP contribution in [0.1, 0.15) is 0 Å². The molecule has 1 fully saturated rings. The van der Waals surface area contributed by atoms with Crippen LogP contribution in [-0.2, 0) is 9.59 Å². The highest BCUT2D eigenvalue weighted by atomic mass is 32.2. The molecule has 0 aliphatic carbocycles. The van der Waals surface area contributed by atoms with Gasteiger partial charge in [0.1, 0.15) is 13.2 Å². The van der Waals surface area contributed by atoms with Crippen LogP contribution in [0.25, 0.3) is 11.3 Å². The summed E-state index contributed by atoms with van der Waals surface area (Å²) in [5.74, 6) is 1.84. The van der Waals surface area contributed by atoms with E-state index in [-0.39, 0.29) is 17.6 Å². The van der Waals surface area contributed by atoms with Gasteiger partial charge in [0.15, 0.2) is 16.6 Å². The third-order valence-electron chi connectivity index (χ3n) is 5.80. The molecule has 35 heavy (non-hydrogen) atoms. The van der Waals surface area contributed by atoms with Gasteiger partial charge in [0.25, 0.3) is 0 Å². The SMILES string of the molecule is O=C(CSCC(=O)N1CCN(c2ccccc2)CC1)Nc1nc(-c2ccc3c(c2)OCCO3)cs1. The maximum atomic E-state index is 12.6. The number of carbonyl (C=O) groups excluding carboxylic acids is 2. The van der Waals surface area contributed by atoms with Crippen molar-refractivity contribution in [2.75, 3.05) is 61.1 Å². The van der Waals surface area contributed by atoms with Crippen molar-refractivity contribution < 1.29 is 19.1 Å². The Bertz CT molecular complexity index is 1180. The first kappa shape index (κ1) is 23.5. The second-order valence-electron chi connectivity index (χ2n) is 8.14. The zero-order valence-electron chi connectivity index (χ0n) is 19.1. The molecule has 2 aliphatic rings. The Balaban J connectivity index is 1.05. The van der Waals surface area contributed by atoms with Crippen molar-refractivity contribution in [3.63, 3.8) is 0 Å². The van der Waals surface area contributed by atoms with E-state index in [1.807, 2.05) is 46.7 Å². The van der Waals surface area contributed by atoms with Gasteiger partial charge in [-0.1, -0.05) is 18.2 Å². The van der Waals surface area contributed by atoms with Crippen LogP contribution in [0.2, 0.25) is 0 Å². The highest BCUT2D eigenvalue weighted by molar-refractivity contribution is 8.00. The van der Waals surface area contributed by atoms with E-state index in [1.165, 1.54) is 28.8 Å². The average Bonchev–Trinajstić information content (AvgIpc) is 3.37. The molecule has 5 rings (SSSR count). The number of benzene rings is 2. The molecule has 2 amide bonds. The molecule has 0 radical (unpaired) electrons. The molecule has 2 aliphatic heterocycles. The molecule has 10 heteroatoms. The first-order valence-corrected chi connectivity index (χ1v) is 13.5. The minimum Gasteiger partial charge on any atom is -0.486 e. The van der Waals surface area contributed by atoms with Gasteiger partial charge in [0.05, 0.1) is 17.2 Å². The number of nitrogens with zero attached hydrogens (tertiary/aromatic N) is 3. The molecule has 0 spiro atoms. The van der Waals surface area contributed by atoms with Crippen LogP contribution in [0.4, 0.5) is 10.8 Å². The van der Waals surface area contributed by atoms with E-state index >= 15 is 0 Å². The van der Waals surface area contributed by atoms with Gasteiger partial charge in [-0.05, 0) is 30.3 Å². The predicted molar refractivity (Wildman–Crippen MR) is 140 cm³/mol. The Morgan fingerprint density at radius 2 is 1.74 bits per heavy atom. The fourth-order valence-corrected chi connectivity index (χ4v) is 5.45. The summed E-state index contributed by atoms with van der Waals surface area (Å²) in [6, 6.07) is 15.9. The van der Waals surface area contributed by atoms with Crippen molar-refractivity contribution in [3.8, 4) is 22.8 Å². The number of thioether (sulfide) groups is 1. The number of amides is 2. The number of rotatable bonds is 7. The smallest absolute Gasteiger partial charge is 0.236 e. The Hall–Kier alpha value is -3.24. The largest absolute Gasteiger partial charge is 0.486 e.